The number of aliphatic carboxylic acids is 1. The fraction of sp³-hybridized carbons (Fsp3) is 0.0870. The van der Waals surface area contributed by atoms with Crippen molar-refractivity contribution in [1.29, 1.82) is 0 Å². The van der Waals surface area contributed by atoms with Crippen LogP contribution in [-0.4, -0.2) is 27.9 Å². The van der Waals surface area contributed by atoms with Crippen LogP contribution in [0.25, 0.3) is 16.8 Å². The van der Waals surface area contributed by atoms with Gasteiger partial charge in [0.25, 0.3) is 5.91 Å². The molecule has 0 atom stereocenters. The Hall–Kier alpha value is -3.38. The Morgan fingerprint density at radius 3 is 2.52 bits per heavy atom. The molecule has 0 radical (unpaired) electrons. The first-order valence-corrected chi connectivity index (χ1v) is 10.1. The Balaban J connectivity index is 1.73. The summed E-state index contributed by atoms with van der Waals surface area (Å²) in [6.07, 6.45) is 1.80. The lowest BCUT2D eigenvalue weighted by atomic mass is 10.0. The molecule has 3 aromatic carbocycles. The van der Waals surface area contributed by atoms with Crippen molar-refractivity contribution in [3.8, 4) is 0 Å². The number of amidine groups is 1. The third-order valence-electron chi connectivity index (χ3n) is 4.51. The first-order chi connectivity index (χ1) is 14.1. The fourth-order valence-corrected chi connectivity index (χ4v) is 4.09. The highest BCUT2D eigenvalue weighted by molar-refractivity contribution is 8.14. The van der Waals surface area contributed by atoms with Gasteiger partial charge in [-0.25, -0.2) is 4.99 Å². The number of benzene rings is 3. The highest BCUT2D eigenvalue weighted by Gasteiger charge is 2.32. The molecule has 3 aromatic rings. The maximum atomic E-state index is 13.2. The molecule has 1 heterocycles. The molecule has 0 saturated carbocycles. The topological polar surface area (TPSA) is 70.0 Å². The highest BCUT2D eigenvalue weighted by atomic mass is 32.2. The van der Waals surface area contributed by atoms with Crippen LogP contribution in [0.5, 0.6) is 0 Å². The number of aliphatic imine (C=N–C) groups is 1. The van der Waals surface area contributed by atoms with Crippen LogP contribution in [0.3, 0.4) is 0 Å². The van der Waals surface area contributed by atoms with E-state index in [0.29, 0.717) is 22.3 Å². The normalized spacial score (nSPS) is 15.2. The number of anilines is 1. The lowest BCUT2D eigenvalue weighted by Gasteiger charge is -2.17. The highest BCUT2D eigenvalue weighted by Crippen LogP contribution is 2.30. The van der Waals surface area contributed by atoms with Crippen LogP contribution in [-0.2, 0) is 9.59 Å². The Bertz CT molecular complexity index is 1130. The smallest absolute Gasteiger partial charge is 0.304 e. The summed E-state index contributed by atoms with van der Waals surface area (Å²) in [7, 11) is 0. The summed E-state index contributed by atoms with van der Waals surface area (Å²) in [5.74, 6) is -0.756. The van der Waals surface area contributed by atoms with E-state index in [1.807, 2.05) is 72.8 Å². The van der Waals surface area contributed by atoms with Gasteiger partial charge in [0, 0.05) is 5.75 Å². The van der Waals surface area contributed by atoms with Crippen molar-refractivity contribution in [3.05, 3.63) is 84.1 Å². The molecule has 0 fully saturated rings. The van der Waals surface area contributed by atoms with Gasteiger partial charge in [-0.2, -0.15) is 0 Å². The second-order valence-electron chi connectivity index (χ2n) is 6.46. The molecule has 5 nitrogen and oxygen atoms in total. The van der Waals surface area contributed by atoms with Crippen molar-refractivity contribution in [1.82, 2.24) is 0 Å². The average Bonchev–Trinajstić information content (AvgIpc) is 3.04. The van der Waals surface area contributed by atoms with Gasteiger partial charge in [0.05, 0.1) is 12.1 Å². The molecular formula is C23H18N2O3S. The van der Waals surface area contributed by atoms with Crippen molar-refractivity contribution in [2.45, 2.75) is 6.42 Å². The molecular weight excluding hydrogens is 384 g/mol. The lowest BCUT2D eigenvalue weighted by Crippen LogP contribution is -2.30. The molecule has 0 saturated heterocycles. The Morgan fingerprint density at radius 1 is 1.00 bits per heavy atom. The standard InChI is InChI=1S/C23H18N2O3S/c26-21(27)13-14-29-23-24-20(22(28)25(23)18-10-2-1-3-11-18)15-17-9-6-8-16-7-4-5-12-19(16)17/h1-12,15H,13-14H2,(H,26,27)/b20-15+. The van der Waals surface area contributed by atoms with Crippen LogP contribution >= 0.6 is 11.8 Å². The number of rotatable bonds is 5. The number of fused-ring (bicyclic) bond motifs is 1. The van der Waals surface area contributed by atoms with Crippen LogP contribution in [0, 0.1) is 0 Å². The Labute approximate surface area is 172 Å². The van der Waals surface area contributed by atoms with Crippen molar-refractivity contribution in [3.63, 3.8) is 0 Å². The minimum Gasteiger partial charge on any atom is -0.481 e. The molecule has 1 amide bonds. The number of para-hydroxylation sites is 1. The van der Waals surface area contributed by atoms with Crippen LogP contribution in [0.1, 0.15) is 12.0 Å². The third kappa shape index (κ3) is 4.07. The zero-order valence-corrected chi connectivity index (χ0v) is 16.3. The zero-order valence-electron chi connectivity index (χ0n) is 15.5. The van der Waals surface area contributed by atoms with Gasteiger partial charge in [0.2, 0.25) is 0 Å². The van der Waals surface area contributed by atoms with Gasteiger partial charge in [0.15, 0.2) is 5.17 Å². The minimum atomic E-state index is -0.875. The van der Waals surface area contributed by atoms with Crippen LogP contribution in [0.4, 0.5) is 5.69 Å². The molecule has 0 aromatic heterocycles. The number of thioether (sulfide) groups is 1. The predicted octanol–water partition coefficient (Wildman–Crippen LogP) is 4.79. The van der Waals surface area contributed by atoms with E-state index in [9.17, 15) is 9.59 Å². The molecule has 6 heteroatoms. The summed E-state index contributed by atoms with van der Waals surface area (Å²) >= 11 is 1.27. The Morgan fingerprint density at radius 2 is 1.72 bits per heavy atom. The zero-order chi connectivity index (χ0) is 20.2. The van der Waals surface area contributed by atoms with Gasteiger partial charge >= 0.3 is 5.97 Å². The summed E-state index contributed by atoms with van der Waals surface area (Å²) in [6, 6.07) is 23.2. The van der Waals surface area contributed by atoms with Crippen LogP contribution in [0.2, 0.25) is 0 Å². The number of carboxylic acid groups (broad SMARTS) is 1. The van der Waals surface area contributed by atoms with Crippen molar-refractivity contribution >= 4 is 51.3 Å². The summed E-state index contributed by atoms with van der Waals surface area (Å²) in [4.78, 5) is 30.1. The van der Waals surface area contributed by atoms with E-state index in [1.54, 1.807) is 11.0 Å². The minimum absolute atomic E-state index is 0.00285. The van der Waals surface area contributed by atoms with Crippen molar-refractivity contribution in [2.75, 3.05) is 10.7 Å². The number of nitrogens with zero attached hydrogens (tertiary/aromatic N) is 2. The number of carbonyl (C=O) groups excluding carboxylic acids is 1. The number of hydrogen-bond acceptors (Lipinski definition) is 4. The molecule has 144 valence electrons. The van der Waals surface area contributed by atoms with Crippen molar-refractivity contribution in [2.24, 2.45) is 4.99 Å². The molecule has 1 N–H and O–H groups in total. The van der Waals surface area contributed by atoms with Gasteiger partial charge in [-0.3, -0.25) is 14.5 Å². The van der Waals surface area contributed by atoms with E-state index in [2.05, 4.69) is 4.99 Å². The number of carboxylic acids is 1. The van der Waals surface area contributed by atoms with E-state index >= 15 is 0 Å². The first kappa shape index (κ1) is 19.0. The summed E-state index contributed by atoms with van der Waals surface area (Å²) in [6.45, 7) is 0. The molecule has 0 unspecified atom stereocenters. The van der Waals surface area contributed by atoms with Gasteiger partial charge < -0.3 is 5.11 Å². The maximum Gasteiger partial charge on any atom is 0.304 e. The summed E-state index contributed by atoms with van der Waals surface area (Å²) < 4.78 is 0. The maximum absolute atomic E-state index is 13.2. The van der Waals surface area contributed by atoms with Gasteiger partial charge in [-0.1, -0.05) is 72.4 Å². The number of amides is 1. The molecule has 29 heavy (non-hydrogen) atoms. The molecule has 0 bridgehead atoms. The SMILES string of the molecule is O=C(O)CCSC1=N/C(=C/c2cccc3ccccc23)C(=O)N1c1ccccc1. The number of hydrogen-bond donors (Lipinski definition) is 1. The molecule has 4 rings (SSSR count). The third-order valence-corrected chi connectivity index (χ3v) is 5.45. The molecule has 0 aliphatic carbocycles. The summed E-state index contributed by atoms with van der Waals surface area (Å²) in [5.41, 5.74) is 1.96. The molecule has 1 aliphatic heterocycles. The van der Waals surface area contributed by atoms with Gasteiger partial charge in [-0.05, 0) is 34.5 Å². The van der Waals surface area contributed by atoms with Gasteiger partial charge in [0.1, 0.15) is 5.70 Å². The van der Waals surface area contributed by atoms with E-state index in [4.69, 9.17) is 5.11 Å². The lowest BCUT2D eigenvalue weighted by molar-refractivity contribution is -0.136. The quantitative estimate of drug-likeness (QED) is 0.623. The second kappa shape index (κ2) is 8.32. The average molecular weight is 402 g/mol. The monoisotopic (exact) mass is 402 g/mol. The van der Waals surface area contributed by atoms with Crippen molar-refractivity contribution < 1.29 is 14.7 Å². The Kier molecular flexibility index (Phi) is 5.44. The number of carbonyl (C=O) groups is 2. The first-order valence-electron chi connectivity index (χ1n) is 9.16. The van der Waals surface area contributed by atoms with Gasteiger partial charge in [-0.15, -0.1) is 0 Å². The van der Waals surface area contributed by atoms with E-state index in [1.165, 1.54) is 11.8 Å². The largest absolute Gasteiger partial charge is 0.481 e. The van der Waals surface area contributed by atoms with E-state index in [-0.39, 0.29) is 12.3 Å². The summed E-state index contributed by atoms with van der Waals surface area (Å²) in [5, 5.41) is 11.6. The second-order valence-corrected chi connectivity index (χ2v) is 7.52. The van der Waals surface area contributed by atoms with E-state index in [0.717, 1.165) is 16.3 Å². The predicted molar refractivity (Wildman–Crippen MR) is 118 cm³/mol. The van der Waals surface area contributed by atoms with Crippen LogP contribution < -0.4 is 4.90 Å². The molecule has 1 aliphatic rings. The van der Waals surface area contributed by atoms with Crippen LogP contribution in [0.15, 0.2) is 83.5 Å². The van der Waals surface area contributed by atoms with E-state index < -0.39 is 5.97 Å². The molecule has 0 spiro atoms. The fourth-order valence-electron chi connectivity index (χ4n) is 3.15.